The van der Waals surface area contributed by atoms with Gasteiger partial charge in [0.25, 0.3) is 0 Å². The topological polar surface area (TPSA) is 33.5 Å². The van der Waals surface area contributed by atoms with Crippen LogP contribution in [0.2, 0.25) is 0 Å². The Morgan fingerprint density at radius 1 is 0.538 bits per heavy atom. The van der Waals surface area contributed by atoms with E-state index in [2.05, 4.69) is 183 Å². The third-order valence-electron chi connectivity index (χ3n) is 10.5. The molecule has 3 heterocycles. The first-order valence-corrected chi connectivity index (χ1v) is 19.9. The molecule has 0 unspecified atom stereocenters. The van der Waals surface area contributed by atoms with Gasteiger partial charge in [-0.3, -0.25) is 4.57 Å². The summed E-state index contributed by atoms with van der Waals surface area (Å²) in [5.41, 5.74) is 6.58. The van der Waals surface area contributed by atoms with Crippen LogP contribution in [-0.2, 0) is 10.4 Å². The molecule has 0 fully saturated rings. The highest BCUT2D eigenvalue weighted by Gasteiger charge is 2.42. The minimum absolute atomic E-state index is 0.0102. The predicted octanol–water partition coefficient (Wildman–Crippen LogP) is 8.29. The molecule has 1 aliphatic heterocycles. The second-order valence-corrected chi connectivity index (χ2v) is 18.4. The van der Waals surface area contributed by atoms with Crippen LogP contribution in [0.1, 0.15) is 26.3 Å². The molecule has 0 N–H and O–H groups in total. The summed E-state index contributed by atoms with van der Waals surface area (Å²) in [5.74, 6) is 0.929. The van der Waals surface area contributed by atoms with Gasteiger partial charge in [0, 0.05) is 24.0 Å². The zero-order valence-electron chi connectivity index (χ0n) is 29.9. The molecule has 52 heavy (non-hydrogen) atoms. The van der Waals surface area contributed by atoms with Gasteiger partial charge < -0.3 is 0 Å². The zero-order valence-corrected chi connectivity index (χ0v) is 30.9. The van der Waals surface area contributed by atoms with E-state index in [-0.39, 0.29) is 5.41 Å². The summed E-state index contributed by atoms with van der Waals surface area (Å²) in [6.45, 7) is 6.77. The third-order valence-corrected chi connectivity index (χ3v) is 15.3. The fourth-order valence-corrected chi connectivity index (χ4v) is 12.8. The Hall–Kier alpha value is -5.95. The number of para-hydroxylation sites is 3. The molecule has 254 valence electrons. The van der Waals surface area contributed by atoms with Crippen LogP contribution in [-0.4, -0.2) is 24.7 Å². The molecule has 0 atom stereocenters. The monoisotopic (exact) mass is 692 g/mol. The highest BCUT2D eigenvalue weighted by atomic mass is 28.3. The normalized spacial score (nSPS) is 13.2. The lowest BCUT2D eigenvalue weighted by molar-refractivity contribution is 0.142. The van der Waals surface area contributed by atoms with Crippen LogP contribution in [0.4, 0.5) is 17.1 Å². The summed E-state index contributed by atoms with van der Waals surface area (Å²) in [7, 11) is -0.997. The van der Waals surface area contributed by atoms with Crippen LogP contribution in [0, 0.1) is 0 Å². The van der Waals surface area contributed by atoms with E-state index in [9.17, 15) is 0 Å². The average Bonchev–Trinajstić information content (AvgIpc) is 3.70. The molecule has 9 rings (SSSR count). The lowest BCUT2D eigenvalue weighted by Gasteiger charge is -2.35. The van der Waals surface area contributed by atoms with Crippen LogP contribution in [0.5, 0.6) is 0 Å². The predicted molar refractivity (Wildman–Crippen MR) is 219 cm³/mol. The van der Waals surface area contributed by atoms with Crippen molar-refractivity contribution in [1.82, 2.24) is 9.55 Å². The fraction of sp³-hybridized carbons (Fsp3) is 0.109. The summed E-state index contributed by atoms with van der Waals surface area (Å²) >= 11 is 0. The van der Waals surface area contributed by atoms with E-state index in [0.717, 1.165) is 33.9 Å². The number of aromatic nitrogens is 2. The lowest BCUT2D eigenvalue weighted by Crippen LogP contribution is -2.74. The van der Waals surface area contributed by atoms with Gasteiger partial charge in [-0.1, -0.05) is 136 Å². The van der Waals surface area contributed by atoms with Gasteiger partial charge >= 0.3 is 0 Å². The maximum Gasteiger partial charge on any atom is 0.179 e. The summed E-state index contributed by atoms with van der Waals surface area (Å²) < 4.78 is 2.36. The van der Waals surface area contributed by atoms with Crippen molar-refractivity contribution in [3.8, 4) is 5.82 Å². The van der Waals surface area contributed by atoms with Crippen LogP contribution in [0.3, 0.4) is 0 Å². The first-order valence-electron chi connectivity index (χ1n) is 17.9. The van der Waals surface area contributed by atoms with E-state index in [0.29, 0.717) is 0 Å². The number of fused-ring (bicyclic) bond motifs is 4. The number of rotatable bonds is 6. The van der Waals surface area contributed by atoms with Gasteiger partial charge in [0.2, 0.25) is 0 Å². The summed E-state index contributed by atoms with van der Waals surface area (Å²) in [6.07, 6.45) is 1.95. The Bertz CT molecular complexity index is 2540. The molecule has 2 aromatic heterocycles. The summed E-state index contributed by atoms with van der Waals surface area (Å²) in [6, 6.07) is 59.8. The molecule has 6 heteroatoms. The Labute approximate surface area is 305 Å². The van der Waals surface area contributed by atoms with Gasteiger partial charge in [0.05, 0.1) is 28.1 Å². The molecule has 0 bridgehead atoms. The van der Waals surface area contributed by atoms with Crippen molar-refractivity contribution in [2.24, 2.45) is 0 Å². The van der Waals surface area contributed by atoms with Gasteiger partial charge in [0.1, 0.15) is 5.82 Å². The molecule has 0 amide bonds. The van der Waals surface area contributed by atoms with Crippen LogP contribution in [0.25, 0.3) is 27.6 Å². The number of hydrogen-bond acceptors (Lipinski definition) is 4. The number of pyridine rings is 1. The number of benzene rings is 6. The smallest absolute Gasteiger partial charge is 0.179 e. The Balaban J connectivity index is 1.35. The fourth-order valence-electron chi connectivity index (χ4n) is 8.00. The molecule has 0 saturated heterocycles. The van der Waals surface area contributed by atoms with Crippen molar-refractivity contribution in [3.63, 3.8) is 0 Å². The van der Waals surface area contributed by atoms with Crippen molar-refractivity contribution in [2.45, 2.75) is 26.2 Å². The maximum absolute atomic E-state index is 6.36. The standard InChI is InChI=1S/C46H40N4OSi/c1-46(2,3)33-28-29-47-45(30-33)49-41-23-12-11-22-39(41)40-27-26-38(32-44(40)49)52(35-17-7-5-8-18-35,36-19-9-6-10-20-36)37-21-15-16-34(31-37)50-43-25-14-13-24-42(43)48(4)51-50/h5-32H,1-4H3. The quantitative estimate of drug-likeness (QED) is 0.130. The number of anilines is 3. The van der Waals surface area contributed by atoms with Gasteiger partial charge in [-0.25, -0.2) is 10.0 Å². The second kappa shape index (κ2) is 12.4. The summed E-state index contributed by atoms with van der Waals surface area (Å²) in [5, 5.41) is 11.4. The third kappa shape index (κ3) is 5.06. The van der Waals surface area contributed by atoms with Crippen molar-refractivity contribution in [3.05, 3.63) is 176 Å². The largest absolute Gasteiger partial charge is 0.294 e. The van der Waals surface area contributed by atoms with Gasteiger partial charge in [-0.2, -0.15) is 5.06 Å². The highest BCUT2D eigenvalue weighted by Crippen LogP contribution is 2.40. The first kappa shape index (κ1) is 32.0. The minimum atomic E-state index is -2.95. The van der Waals surface area contributed by atoms with Crippen LogP contribution < -0.4 is 30.9 Å². The molecule has 0 radical (unpaired) electrons. The number of nitrogens with zero attached hydrogens (tertiary/aromatic N) is 4. The van der Waals surface area contributed by atoms with E-state index in [1.807, 2.05) is 29.4 Å². The molecule has 1 aliphatic rings. The molecule has 6 aromatic carbocycles. The van der Waals surface area contributed by atoms with E-state index >= 15 is 0 Å². The van der Waals surface area contributed by atoms with Gasteiger partial charge in [-0.05, 0) is 80.3 Å². The Morgan fingerprint density at radius 3 is 1.88 bits per heavy atom. The molecule has 8 aromatic rings. The average molecular weight is 693 g/mol. The molecule has 0 aliphatic carbocycles. The van der Waals surface area contributed by atoms with Crippen LogP contribution in [0.15, 0.2) is 170 Å². The van der Waals surface area contributed by atoms with Crippen molar-refractivity contribution in [2.75, 3.05) is 17.2 Å². The van der Waals surface area contributed by atoms with Crippen molar-refractivity contribution < 1.29 is 4.94 Å². The van der Waals surface area contributed by atoms with E-state index in [4.69, 9.17) is 9.92 Å². The van der Waals surface area contributed by atoms with E-state index in [1.54, 1.807) is 0 Å². The molecule has 0 spiro atoms. The Kier molecular flexibility index (Phi) is 7.61. The SMILES string of the molecule is CN1ON(c2cccc([Si](c3ccccc3)(c3ccccc3)c3ccc4c5ccccc5n(-c5cc(C(C)(C)C)ccn5)c4c3)c2)c2ccccc21. The van der Waals surface area contributed by atoms with E-state index in [1.165, 1.54) is 37.1 Å². The molecule has 0 saturated carbocycles. The molecular weight excluding hydrogens is 653 g/mol. The van der Waals surface area contributed by atoms with Crippen molar-refractivity contribution in [1.29, 1.82) is 0 Å². The highest BCUT2D eigenvalue weighted by molar-refractivity contribution is 7.20. The van der Waals surface area contributed by atoms with Gasteiger partial charge in [-0.15, -0.1) is 4.94 Å². The number of hydroxylamine groups is 1. The second-order valence-electron chi connectivity index (χ2n) is 14.6. The molecule has 5 nitrogen and oxygen atoms in total. The Morgan fingerprint density at radius 2 is 1.15 bits per heavy atom. The minimum Gasteiger partial charge on any atom is -0.294 e. The van der Waals surface area contributed by atoms with Gasteiger partial charge in [0.15, 0.2) is 8.07 Å². The van der Waals surface area contributed by atoms with Crippen LogP contribution >= 0.6 is 0 Å². The van der Waals surface area contributed by atoms with E-state index < -0.39 is 8.07 Å². The number of hydrogen-bond donors (Lipinski definition) is 0. The molecular formula is C46H40N4OSi. The maximum atomic E-state index is 6.36. The van der Waals surface area contributed by atoms with Crippen molar-refractivity contribution >= 4 is 67.7 Å². The zero-order chi connectivity index (χ0) is 35.5. The lowest BCUT2D eigenvalue weighted by atomic mass is 9.88. The summed E-state index contributed by atoms with van der Waals surface area (Å²) in [4.78, 5) is 11.4. The first-order chi connectivity index (χ1) is 25.3.